The average molecular weight is 389 g/mol. The molecular weight excluding hydrogens is 356 g/mol. The summed E-state index contributed by atoms with van der Waals surface area (Å²) in [5.41, 5.74) is 1.13. The number of aryl methyl sites for hydroxylation is 1. The molecule has 0 bridgehead atoms. The van der Waals surface area contributed by atoms with Crippen molar-refractivity contribution in [1.82, 2.24) is 9.80 Å². The van der Waals surface area contributed by atoms with Crippen molar-refractivity contribution in [1.29, 1.82) is 0 Å². The Balaban J connectivity index is 1.52. The first-order valence-electron chi connectivity index (χ1n) is 10.3. The molecule has 154 valence electrons. The monoisotopic (exact) mass is 388 g/mol. The minimum absolute atomic E-state index is 0.125. The lowest BCUT2D eigenvalue weighted by atomic mass is 9.79. The van der Waals surface area contributed by atoms with E-state index in [4.69, 9.17) is 4.74 Å². The summed E-state index contributed by atoms with van der Waals surface area (Å²) in [5, 5.41) is 9.85. The second-order valence-electron chi connectivity index (χ2n) is 8.10. The number of hydrogen-bond donors (Lipinski definition) is 1. The Bertz CT molecular complexity index is 668. The normalized spacial score (nSPS) is 23.1. The molecule has 0 radical (unpaired) electrons. The fourth-order valence-corrected chi connectivity index (χ4v) is 4.67. The number of rotatable bonds is 6. The standard InChI is InChI=1S/C22H32N2O4/c1-16(26)23-11-9-18(10-12-23)21-14-24(13-19(21)15-25)22(27)8-5-17-3-6-20(28-2)7-4-17/h3-4,6-7,18-19,21,25H,5,8-15H2,1-2H3/t19-,21-/m0/s1. The van der Waals surface area contributed by atoms with E-state index in [1.165, 1.54) is 0 Å². The molecule has 2 heterocycles. The van der Waals surface area contributed by atoms with E-state index in [0.29, 0.717) is 31.2 Å². The van der Waals surface area contributed by atoms with Crippen LogP contribution in [0.15, 0.2) is 24.3 Å². The van der Waals surface area contributed by atoms with Crippen LogP contribution in [0.3, 0.4) is 0 Å². The van der Waals surface area contributed by atoms with Crippen LogP contribution in [-0.2, 0) is 16.0 Å². The highest BCUT2D eigenvalue weighted by Gasteiger charge is 2.40. The Kier molecular flexibility index (Phi) is 6.94. The highest BCUT2D eigenvalue weighted by Crippen LogP contribution is 2.36. The number of piperidine rings is 1. The molecule has 28 heavy (non-hydrogen) atoms. The van der Waals surface area contributed by atoms with E-state index in [0.717, 1.165) is 43.8 Å². The van der Waals surface area contributed by atoms with Crippen LogP contribution in [-0.4, -0.2) is 66.6 Å². The van der Waals surface area contributed by atoms with Crippen molar-refractivity contribution in [2.45, 2.75) is 32.6 Å². The molecule has 2 aliphatic rings. The van der Waals surface area contributed by atoms with E-state index < -0.39 is 0 Å². The van der Waals surface area contributed by atoms with E-state index in [-0.39, 0.29) is 24.3 Å². The van der Waals surface area contributed by atoms with Gasteiger partial charge in [-0.2, -0.15) is 0 Å². The zero-order valence-corrected chi connectivity index (χ0v) is 17.0. The maximum Gasteiger partial charge on any atom is 0.222 e. The number of methoxy groups -OCH3 is 1. The predicted octanol–water partition coefficient (Wildman–Crippen LogP) is 1.95. The summed E-state index contributed by atoms with van der Waals surface area (Å²) in [6.07, 6.45) is 3.13. The van der Waals surface area contributed by atoms with Crippen molar-refractivity contribution in [3.05, 3.63) is 29.8 Å². The summed E-state index contributed by atoms with van der Waals surface area (Å²) in [6, 6.07) is 7.83. The zero-order chi connectivity index (χ0) is 20.1. The van der Waals surface area contributed by atoms with Gasteiger partial charge in [-0.3, -0.25) is 9.59 Å². The Labute approximate surface area is 167 Å². The van der Waals surface area contributed by atoms with Crippen molar-refractivity contribution in [3.8, 4) is 5.75 Å². The number of likely N-dealkylation sites (tertiary alicyclic amines) is 2. The number of amides is 2. The average Bonchev–Trinajstić information content (AvgIpc) is 3.17. The molecule has 1 aromatic carbocycles. The summed E-state index contributed by atoms with van der Waals surface area (Å²) in [4.78, 5) is 28.1. The largest absolute Gasteiger partial charge is 0.497 e. The predicted molar refractivity (Wildman–Crippen MR) is 107 cm³/mol. The van der Waals surface area contributed by atoms with Gasteiger partial charge in [0.15, 0.2) is 0 Å². The van der Waals surface area contributed by atoms with Crippen LogP contribution in [0.5, 0.6) is 5.75 Å². The fourth-order valence-electron chi connectivity index (χ4n) is 4.67. The van der Waals surface area contributed by atoms with Gasteiger partial charge in [0, 0.05) is 52.0 Å². The molecule has 1 N–H and O–H groups in total. The number of aliphatic hydroxyl groups is 1. The van der Waals surface area contributed by atoms with Crippen molar-refractivity contribution in [2.24, 2.45) is 17.8 Å². The zero-order valence-electron chi connectivity index (χ0n) is 17.0. The van der Waals surface area contributed by atoms with Crippen molar-refractivity contribution in [2.75, 3.05) is 39.9 Å². The van der Waals surface area contributed by atoms with Crippen LogP contribution in [0.2, 0.25) is 0 Å². The van der Waals surface area contributed by atoms with Crippen LogP contribution in [0.1, 0.15) is 31.7 Å². The topological polar surface area (TPSA) is 70.1 Å². The lowest BCUT2D eigenvalue weighted by Crippen LogP contribution is -2.40. The smallest absolute Gasteiger partial charge is 0.222 e. The summed E-state index contributed by atoms with van der Waals surface area (Å²) in [7, 11) is 1.64. The lowest BCUT2D eigenvalue weighted by molar-refractivity contribution is -0.130. The molecule has 1 aromatic rings. The van der Waals surface area contributed by atoms with Crippen molar-refractivity contribution < 1.29 is 19.4 Å². The Morgan fingerprint density at radius 2 is 1.79 bits per heavy atom. The third kappa shape index (κ3) is 4.85. The minimum Gasteiger partial charge on any atom is -0.497 e. The number of ether oxygens (including phenoxy) is 1. The third-order valence-electron chi connectivity index (χ3n) is 6.46. The van der Waals surface area contributed by atoms with E-state index in [9.17, 15) is 14.7 Å². The first-order chi connectivity index (χ1) is 13.5. The van der Waals surface area contributed by atoms with Crippen LogP contribution < -0.4 is 4.74 Å². The molecule has 2 aliphatic heterocycles. The van der Waals surface area contributed by atoms with Gasteiger partial charge in [0.25, 0.3) is 0 Å². The number of hydrogen-bond acceptors (Lipinski definition) is 4. The lowest BCUT2D eigenvalue weighted by Gasteiger charge is -2.35. The summed E-state index contributed by atoms with van der Waals surface area (Å²) < 4.78 is 5.17. The van der Waals surface area contributed by atoms with E-state index in [1.54, 1.807) is 14.0 Å². The van der Waals surface area contributed by atoms with Crippen LogP contribution in [0.4, 0.5) is 0 Å². The van der Waals surface area contributed by atoms with Gasteiger partial charge in [-0.1, -0.05) is 12.1 Å². The summed E-state index contributed by atoms with van der Waals surface area (Å²) >= 11 is 0. The molecule has 3 rings (SSSR count). The van der Waals surface area contributed by atoms with E-state index in [2.05, 4.69) is 0 Å². The highest BCUT2D eigenvalue weighted by molar-refractivity contribution is 5.77. The van der Waals surface area contributed by atoms with Gasteiger partial charge in [-0.15, -0.1) is 0 Å². The molecular formula is C22H32N2O4. The molecule has 2 fully saturated rings. The highest BCUT2D eigenvalue weighted by atomic mass is 16.5. The van der Waals surface area contributed by atoms with Gasteiger partial charge >= 0.3 is 0 Å². The Hall–Kier alpha value is -2.08. The molecule has 6 nitrogen and oxygen atoms in total. The first kappa shape index (κ1) is 20.6. The molecule has 0 unspecified atom stereocenters. The maximum atomic E-state index is 12.7. The van der Waals surface area contributed by atoms with Crippen LogP contribution in [0, 0.1) is 17.8 Å². The molecule has 0 aromatic heterocycles. The first-order valence-corrected chi connectivity index (χ1v) is 10.3. The van der Waals surface area contributed by atoms with Gasteiger partial charge < -0.3 is 19.6 Å². The van der Waals surface area contributed by atoms with Crippen molar-refractivity contribution >= 4 is 11.8 Å². The molecule has 0 aliphatic carbocycles. The number of carbonyl (C=O) groups is 2. The number of carbonyl (C=O) groups excluding carboxylic acids is 2. The Morgan fingerprint density at radius 1 is 1.11 bits per heavy atom. The number of aliphatic hydroxyl groups excluding tert-OH is 1. The van der Waals surface area contributed by atoms with Gasteiger partial charge in [0.2, 0.25) is 11.8 Å². The maximum absolute atomic E-state index is 12.7. The Morgan fingerprint density at radius 3 is 2.36 bits per heavy atom. The second kappa shape index (κ2) is 9.41. The van der Waals surface area contributed by atoms with Gasteiger partial charge in [-0.05, 0) is 48.8 Å². The minimum atomic E-state index is 0.125. The van der Waals surface area contributed by atoms with Crippen molar-refractivity contribution in [3.63, 3.8) is 0 Å². The molecule has 0 spiro atoms. The SMILES string of the molecule is COc1ccc(CCC(=O)N2C[C@@H](CO)[C@H](C3CCN(C(C)=O)CC3)C2)cc1. The third-order valence-corrected chi connectivity index (χ3v) is 6.46. The quantitative estimate of drug-likeness (QED) is 0.809. The van der Waals surface area contributed by atoms with Crippen LogP contribution in [0.25, 0.3) is 0 Å². The van der Waals surface area contributed by atoms with Gasteiger partial charge in [-0.25, -0.2) is 0 Å². The molecule has 2 atom stereocenters. The summed E-state index contributed by atoms with van der Waals surface area (Å²) in [5.74, 6) is 2.09. The number of benzene rings is 1. The number of nitrogens with zero attached hydrogens (tertiary/aromatic N) is 2. The van der Waals surface area contributed by atoms with Gasteiger partial charge in [0.05, 0.1) is 7.11 Å². The molecule has 2 amide bonds. The van der Waals surface area contributed by atoms with E-state index >= 15 is 0 Å². The molecule has 2 saturated heterocycles. The summed E-state index contributed by atoms with van der Waals surface area (Å²) in [6.45, 7) is 4.71. The van der Waals surface area contributed by atoms with Gasteiger partial charge in [0.1, 0.15) is 5.75 Å². The molecule has 0 saturated carbocycles. The fraction of sp³-hybridized carbons (Fsp3) is 0.636. The van der Waals surface area contributed by atoms with E-state index in [1.807, 2.05) is 34.1 Å². The van der Waals surface area contributed by atoms with Crippen LogP contribution >= 0.6 is 0 Å². The second-order valence-corrected chi connectivity index (χ2v) is 8.10. The molecule has 6 heteroatoms.